The van der Waals surface area contributed by atoms with Gasteiger partial charge in [0.05, 0.1) is 22.9 Å². The molecular weight excluding hydrogens is 260 g/mol. The van der Waals surface area contributed by atoms with Gasteiger partial charge in [0.25, 0.3) is 0 Å². The van der Waals surface area contributed by atoms with Crippen molar-refractivity contribution in [1.82, 2.24) is 15.2 Å². The molecule has 1 aromatic carbocycles. The Morgan fingerprint density at radius 2 is 1.95 bits per heavy atom. The van der Waals surface area contributed by atoms with E-state index in [-0.39, 0.29) is 6.04 Å². The van der Waals surface area contributed by atoms with Crippen molar-refractivity contribution in [2.24, 2.45) is 5.73 Å². The number of para-hydroxylation sites is 1. The molecule has 2 aromatic heterocycles. The summed E-state index contributed by atoms with van der Waals surface area (Å²) >= 11 is 0. The Hall–Kier alpha value is -2.33. The fourth-order valence-corrected chi connectivity index (χ4v) is 2.52. The van der Waals surface area contributed by atoms with E-state index in [1.807, 2.05) is 37.4 Å². The van der Waals surface area contributed by atoms with Crippen LogP contribution in [0.25, 0.3) is 10.9 Å². The maximum absolute atomic E-state index is 6.44. The highest BCUT2D eigenvalue weighted by Crippen LogP contribution is 2.24. The molecule has 0 spiro atoms. The summed E-state index contributed by atoms with van der Waals surface area (Å²) in [5.74, 6) is 0. The highest BCUT2D eigenvalue weighted by atomic mass is 15.1. The maximum Gasteiger partial charge on any atom is 0.0702 e. The molecule has 0 aliphatic carbocycles. The molecule has 106 valence electrons. The van der Waals surface area contributed by atoms with Crippen LogP contribution in [0.4, 0.5) is 0 Å². The van der Waals surface area contributed by atoms with E-state index >= 15 is 0 Å². The molecule has 0 fully saturated rings. The zero-order valence-electron chi connectivity index (χ0n) is 12.2. The van der Waals surface area contributed by atoms with Crippen molar-refractivity contribution in [3.63, 3.8) is 0 Å². The zero-order valence-corrected chi connectivity index (χ0v) is 12.2. The average Bonchev–Trinajstić information content (AvgIpc) is 2.53. The van der Waals surface area contributed by atoms with E-state index in [9.17, 15) is 0 Å². The Labute approximate surface area is 124 Å². The van der Waals surface area contributed by atoms with Crippen molar-refractivity contribution in [1.29, 1.82) is 0 Å². The predicted molar refractivity (Wildman–Crippen MR) is 83.9 cm³/mol. The van der Waals surface area contributed by atoms with Gasteiger partial charge < -0.3 is 5.73 Å². The summed E-state index contributed by atoms with van der Waals surface area (Å²) < 4.78 is 0. The van der Waals surface area contributed by atoms with Crippen LogP contribution in [0.5, 0.6) is 0 Å². The van der Waals surface area contributed by atoms with Crippen LogP contribution in [-0.4, -0.2) is 15.2 Å². The van der Waals surface area contributed by atoms with Gasteiger partial charge in [0.1, 0.15) is 0 Å². The molecule has 0 saturated heterocycles. The first-order chi connectivity index (χ1) is 10.2. The van der Waals surface area contributed by atoms with Crippen molar-refractivity contribution in [3.8, 4) is 0 Å². The lowest BCUT2D eigenvalue weighted by Gasteiger charge is -2.16. The molecule has 0 aliphatic heterocycles. The number of pyridine rings is 1. The molecule has 21 heavy (non-hydrogen) atoms. The van der Waals surface area contributed by atoms with Gasteiger partial charge in [-0.2, -0.15) is 10.2 Å². The van der Waals surface area contributed by atoms with E-state index in [4.69, 9.17) is 5.73 Å². The number of fused-ring (bicyclic) bond motifs is 1. The summed E-state index contributed by atoms with van der Waals surface area (Å²) in [6.45, 7) is 4.00. The van der Waals surface area contributed by atoms with Crippen LogP contribution < -0.4 is 5.73 Å². The molecule has 1 unspecified atom stereocenters. The SMILES string of the molecule is CCc1nnc(C)cc1C(N)c1cnc2ccccc2c1. The van der Waals surface area contributed by atoms with Crippen LogP contribution in [0.3, 0.4) is 0 Å². The van der Waals surface area contributed by atoms with Gasteiger partial charge >= 0.3 is 0 Å². The van der Waals surface area contributed by atoms with Gasteiger partial charge in [0, 0.05) is 11.6 Å². The molecule has 0 aliphatic rings. The number of aromatic nitrogens is 3. The molecule has 3 rings (SSSR count). The second-order valence-electron chi connectivity index (χ2n) is 5.18. The first-order valence-electron chi connectivity index (χ1n) is 7.12. The second-order valence-corrected chi connectivity index (χ2v) is 5.18. The summed E-state index contributed by atoms with van der Waals surface area (Å²) in [5, 5.41) is 9.47. The molecule has 1 atom stereocenters. The topological polar surface area (TPSA) is 64.7 Å². The van der Waals surface area contributed by atoms with Crippen LogP contribution in [0.15, 0.2) is 42.6 Å². The fraction of sp³-hybridized carbons (Fsp3) is 0.235. The van der Waals surface area contributed by atoms with Gasteiger partial charge in [-0.3, -0.25) is 4.98 Å². The average molecular weight is 278 g/mol. The van der Waals surface area contributed by atoms with Crippen molar-refractivity contribution >= 4 is 10.9 Å². The van der Waals surface area contributed by atoms with Crippen molar-refractivity contribution < 1.29 is 0 Å². The molecule has 3 aromatic rings. The van der Waals surface area contributed by atoms with Gasteiger partial charge in [-0.25, -0.2) is 0 Å². The number of rotatable bonds is 3. The monoisotopic (exact) mass is 278 g/mol. The summed E-state index contributed by atoms with van der Waals surface area (Å²) in [6, 6.07) is 11.9. The molecule has 0 amide bonds. The van der Waals surface area contributed by atoms with Gasteiger partial charge in [0.2, 0.25) is 0 Å². The summed E-state index contributed by atoms with van der Waals surface area (Å²) in [7, 11) is 0. The van der Waals surface area contributed by atoms with Crippen LogP contribution in [-0.2, 0) is 6.42 Å². The Morgan fingerprint density at radius 3 is 2.76 bits per heavy atom. The van der Waals surface area contributed by atoms with Crippen molar-refractivity contribution in [3.05, 3.63) is 65.1 Å². The number of benzene rings is 1. The van der Waals surface area contributed by atoms with E-state index < -0.39 is 0 Å². The van der Waals surface area contributed by atoms with Gasteiger partial charge in [-0.1, -0.05) is 25.1 Å². The van der Waals surface area contributed by atoms with Crippen molar-refractivity contribution in [2.45, 2.75) is 26.3 Å². The third kappa shape index (κ3) is 2.62. The fourth-order valence-electron chi connectivity index (χ4n) is 2.52. The molecule has 0 radical (unpaired) electrons. The van der Waals surface area contributed by atoms with E-state index in [0.29, 0.717) is 0 Å². The molecule has 4 heteroatoms. The quantitative estimate of drug-likeness (QED) is 0.800. The smallest absolute Gasteiger partial charge is 0.0702 e. The van der Waals surface area contributed by atoms with E-state index in [0.717, 1.165) is 39.8 Å². The van der Waals surface area contributed by atoms with Crippen LogP contribution in [0.1, 0.15) is 35.5 Å². The van der Waals surface area contributed by atoms with Gasteiger partial charge in [0.15, 0.2) is 0 Å². The summed E-state index contributed by atoms with van der Waals surface area (Å²) in [5.41, 5.74) is 11.3. The molecule has 4 nitrogen and oxygen atoms in total. The van der Waals surface area contributed by atoms with Crippen LogP contribution in [0, 0.1) is 6.92 Å². The number of nitrogens with zero attached hydrogens (tertiary/aromatic N) is 3. The normalized spacial score (nSPS) is 12.5. The predicted octanol–water partition coefficient (Wildman–Crippen LogP) is 2.94. The van der Waals surface area contributed by atoms with Gasteiger partial charge in [-0.15, -0.1) is 0 Å². The van der Waals surface area contributed by atoms with E-state index in [2.05, 4.69) is 34.2 Å². The van der Waals surface area contributed by atoms with E-state index in [1.54, 1.807) is 0 Å². The Balaban J connectivity index is 2.07. The number of nitrogens with two attached hydrogens (primary N) is 1. The standard InChI is InChI=1S/C17H18N4/c1-3-15-14(8-11(2)20-21-15)17(18)13-9-12-6-4-5-7-16(12)19-10-13/h4-10,17H,3,18H2,1-2H3. The molecule has 0 saturated carbocycles. The minimum Gasteiger partial charge on any atom is -0.320 e. The molecule has 0 bridgehead atoms. The largest absolute Gasteiger partial charge is 0.320 e. The van der Waals surface area contributed by atoms with Gasteiger partial charge in [-0.05, 0) is 42.7 Å². The van der Waals surface area contributed by atoms with E-state index in [1.165, 1.54) is 0 Å². The lowest BCUT2D eigenvalue weighted by Crippen LogP contribution is -2.16. The number of hydrogen-bond acceptors (Lipinski definition) is 4. The number of aryl methyl sites for hydroxylation is 2. The lowest BCUT2D eigenvalue weighted by atomic mass is 9.97. The van der Waals surface area contributed by atoms with Crippen LogP contribution in [0.2, 0.25) is 0 Å². The minimum atomic E-state index is -0.230. The first kappa shape index (κ1) is 13.6. The number of hydrogen-bond donors (Lipinski definition) is 1. The summed E-state index contributed by atoms with van der Waals surface area (Å²) in [6.07, 6.45) is 2.67. The van der Waals surface area contributed by atoms with Crippen LogP contribution >= 0.6 is 0 Å². The molecule has 2 N–H and O–H groups in total. The zero-order chi connectivity index (χ0) is 14.8. The molecule has 2 heterocycles. The first-order valence-corrected chi connectivity index (χ1v) is 7.12. The highest BCUT2D eigenvalue weighted by Gasteiger charge is 2.15. The molecular formula is C17H18N4. The third-order valence-electron chi connectivity index (χ3n) is 3.67. The second kappa shape index (κ2) is 5.58. The van der Waals surface area contributed by atoms with Crippen molar-refractivity contribution in [2.75, 3.05) is 0 Å². The Bertz CT molecular complexity index is 783. The lowest BCUT2D eigenvalue weighted by molar-refractivity contribution is 0.788. The Morgan fingerprint density at radius 1 is 1.14 bits per heavy atom. The third-order valence-corrected chi connectivity index (χ3v) is 3.67. The highest BCUT2D eigenvalue weighted by molar-refractivity contribution is 5.79. The minimum absolute atomic E-state index is 0.230. The Kier molecular flexibility index (Phi) is 3.62. The maximum atomic E-state index is 6.44. The summed E-state index contributed by atoms with van der Waals surface area (Å²) in [4.78, 5) is 4.49.